The van der Waals surface area contributed by atoms with Crippen LogP contribution >= 0.6 is 0 Å². The maximum Gasteiger partial charge on any atom is 0.251 e. The van der Waals surface area contributed by atoms with Gasteiger partial charge in [0.25, 0.3) is 5.91 Å². The maximum atomic E-state index is 12.8. The number of hydrogen-bond acceptors (Lipinski definition) is 2. The Kier molecular flexibility index (Phi) is 4.35. The van der Waals surface area contributed by atoms with Crippen molar-refractivity contribution in [3.8, 4) is 5.75 Å². The van der Waals surface area contributed by atoms with Crippen molar-refractivity contribution in [2.45, 2.75) is 13.0 Å². The quantitative estimate of drug-likeness (QED) is 0.928. The van der Waals surface area contributed by atoms with Crippen LogP contribution in [-0.4, -0.2) is 13.0 Å². The molecule has 2 aromatic rings. The Labute approximate surface area is 117 Å². The molecular formula is C16H16FNO2. The fourth-order valence-corrected chi connectivity index (χ4v) is 1.86. The summed E-state index contributed by atoms with van der Waals surface area (Å²) in [5.41, 5.74) is 1.41. The number of amides is 1. The molecule has 3 nitrogen and oxygen atoms in total. The molecule has 0 aliphatic heterocycles. The van der Waals surface area contributed by atoms with Gasteiger partial charge in [-0.3, -0.25) is 4.79 Å². The molecule has 0 aliphatic rings. The van der Waals surface area contributed by atoms with E-state index >= 15 is 0 Å². The number of carbonyl (C=O) groups excluding carboxylic acids is 1. The summed E-state index contributed by atoms with van der Waals surface area (Å²) in [6.45, 7) is 1.89. The Bertz CT molecular complexity index is 578. The highest BCUT2D eigenvalue weighted by atomic mass is 19.1. The van der Waals surface area contributed by atoms with E-state index in [0.717, 1.165) is 11.3 Å². The summed E-state index contributed by atoms with van der Waals surface area (Å²) >= 11 is 0. The van der Waals surface area contributed by atoms with Crippen LogP contribution in [0.4, 0.5) is 4.39 Å². The predicted molar refractivity (Wildman–Crippen MR) is 75.3 cm³/mol. The number of halogens is 1. The Balaban J connectivity index is 2.04. The summed E-state index contributed by atoms with van der Waals surface area (Å²) in [5, 5.41) is 2.87. The molecule has 1 N–H and O–H groups in total. The van der Waals surface area contributed by atoms with Crippen LogP contribution in [0.3, 0.4) is 0 Å². The minimum atomic E-state index is -0.357. The summed E-state index contributed by atoms with van der Waals surface area (Å²) < 4.78 is 17.9. The zero-order chi connectivity index (χ0) is 14.5. The van der Waals surface area contributed by atoms with Crippen molar-refractivity contribution in [1.29, 1.82) is 0 Å². The lowest BCUT2D eigenvalue weighted by atomic mass is 10.1. The van der Waals surface area contributed by atoms with Crippen LogP contribution in [0.2, 0.25) is 0 Å². The minimum absolute atomic E-state index is 0.140. The first-order chi connectivity index (χ1) is 9.60. The maximum absolute atomic E-state index is 12.8. The number of rotatable bonds is 4. The van der Waals surface area contributed by atoms with Gasteiger partial charge in [-0.2, -0.15) is 0 Å². The van der Waals surface area contributed by atoms with E-state index in [9.17, 15) is 9.18 Å². The molecule has 0 aromatic heterocycles. The van der Waals surface area contributed by atoms with Gasteiger partial charge in [0.1, 0.15) is 11.6 Å². The number of ether oxygens (including phenoxy) is 1. The highest BCUT2D eigenvalue weighted by Crippen LogP contribution is 2.17. The Hall–Kier alpha value is -2.36. The van der Waals surface area contributed by atoms with E-state index in [-0.39, 0.29) is 17.8 Å². The minimum Gasteiger partial charge on any atom is -0.497 e. The third kappa shape index (κ3) is 3.35. The molecule has 0 saturated carbocycles. The van der Waals surface area contributed by atoms with Crippen LogP contribution in [-0.2, 0) is 0 Å². The van der Waals surface area contributed by atoms with Crippen molar-refractivity contribution in [1.82, 2.24) is 5.32 Å². The van der Waals surface area contributed by atoms with Gasteiger partial charge in [-0.1, -0.05) is 12.1 Å². The summed E-state index contributed by atoms with van der Waals surface area (Å²) in [5.74, 6) is 0.184. The molecular weight excluding hydrogens is 257 g/mol. The van der Waals surface area contributed by atoms with Gasteiger partial charge in [0, 0.05) is 5.56 Å². The van der Waals surface area contributed by atoms with Crippen molar-refractivity contribution < 1.29 is 13.9 Å². The second-order valence-corrected chi connectivity index (χ2v) is 4.48. The average Bonchev–Trinajstić information content (AvgIpc) is 2.48. The topological polar surface area (TPSA) is 38.3 Å². The molecule has 2 rings (SSSR count). The number of benzene rings is 2. The molecule has 1 amide bonds. The van der Waals surface area contributed by atoms with Crippen LogP contribution < -0.4 is 10.1 Å². The number of nitrogens with one attached hydrogen (secondary N) is 1. The summed E-state index contributed by atoms with van der Waals surface area (Å²) in [6.07, 6.45) is 0. The predicted octanol–water partition coefficient (Wildman–Crippen LogP) is 3.33. The van der Waals surface area contributed by atoms with Crippen LogP contribution in [0, 0.1) is 5.82 Å². The molecule has 0 bridgehead atoms. The van der Waals surface area contributed by atoms with Gasteiger partial charge in [0.2, 0.25) is 0 Å². The largest absolute Gasteiger partial charge is 0.497 e. The lowest BCUT2D eigenvalue weighted by Gasteiger charge is -2.14. The van der Waals surface area contributed by atoms with E-state index in [1.54, 1.807) is 7.11 Å². The molecule has 0 heterocycles. The molecule has 0 spiro atoms. The van der Waals surface area contributed by atoms with Crippen molar-refractivity contribution >= 4 is 5.91 Å². The molecule has 0 fully saturated rings. The molecule has 0 unspecified atom stereocenters. The van der Waals surface area contributed by atoms with Gasteiger partial charge >= 0.3 is 0 Å². The fraction of sp³-hybridized carbons (Fsp3) is 0.188. The zero-order valence-corrected chi connectivity index (χ0v) is 11.4. The molecule has 0 aliphatic carbocycles. The molecule has 0 saturated heterocycles. The average molecular weight is 273 g/mol. The van der Waals surface area contributed by atoms with Gasteiger partial charge in [0.05, 0.1) is 13.2 Å². The van der Waals surface area contributed by atoms with E-state index in [0.29, 0.717) is 5.56 Å². The van der Waals surface area contributed by atoms with Crippen molar-refractivity contribution in [3.63, 3.8) is 0 Å². The van der Waals surface area contributed by atoms with Gasteiger partial charge in [-0.25, -0.2) is 4.39 Å². The summed E-state index contributed by atoms with van der Waals surface area (Å²) in [7, 11) is 1.61. The van der Waals surface area contributed by atoms with E-state index in [4.69, 9.17) is 4.74 Å². The second kappa shape index (κ2) is 6.19. The third-order valence-electron chi connectivity index (χ3n) is 3.07. The van der Waals surface area contributed by atoms with Crippen molar-refractivity contribution in [2.24, 2.45) is 0 Å². The molecule has 2 aromatic carbocycles. The molecule has 104 valence electrons. The molecule has 20 heavy (non-hydrogen) atoms. The monoisotopic (exact) mass is 273 g/mol. The van der Waals surface area contributed by atoms with Crippen LogP contribution in [0.25, 0.3) is 0 Å². The summed E-state index contributed by atoms with van der Waals surface area (Å²) in [4.78, 5) is 12.0. The molecule has 1 atom stereocenters. The van der Waals surface area contributed by atoms with Gasteiger partial charge < -0.3 is 10.1 Å². The van der Waals surface area contributed by atoms with E-state index < -0.39 is 0 Å². The molecule has 4 heteroatoms. The van der Waals surface area contributed by atoms with E-state index in [1.807, 2.05) is 31.2 Å². The smallest absolute Gasteiger partial charge is 0.251 e. The molecule has 0 radical (unpaired) electrons. The van der Waals surface area contributed by atoms with Gasteiger partial charge in [0.15, 0.2) is 0 Å². The Morgan fingerprint density at radius 1 is 1.10 bits per heavy atom. The lowest BCUT2D eigenvalue weighted by Crippen LogP contribution is -2.26. The fourth-order valence-electron chi connectivity index (χ4n) is 1.86. The SMILES string of the molecule is COc1ccc([C@H](C)NC(=O)c2ccc(F)cc2)cc1. The van der Waals surface area contributed by atoms with Crippen LogP contribution in [0.15, 0.2) is 48.5 Å². The zero-order valence-electron chi connectivity index (χ0n) is 11.4. The normalized spacial score (nSPS) is 11.8. The first-order valence-electron chi connectivity index (χ1n) is 6.30. The number of hydrogen-bond donors (Lipinski definition) is 1. The Morgan fingerprint density at radius 2 is 1.70 bits per heavy atom. The van der Waals surface area contributed by atoms with Crippen LogP contribution in [0.1, 0.15) is 28.9 Å². The number of methoxy groups -OCH3 is 1. The van der Waals surface area contributed by atoms with Crippen molar-refractivity contribution in [3.05, 3.63) is 65.5 Å². The summed E-state index contributed by atoms with van der Waals surface area (Å²) in [6, 6.07) is 12.8. The lowest BCUT2D eigenvalue weighted by molar-refractivity contribution is 0.0940. The van der Waals surface area contributed by atoms with E-state index in [1.165, 1.54) is 24.3 Å². The highest BCUT2D eigenvalue weighted by molar-refractivity contribution is 5.94. The van der Waals surface area contributed by atoms with Gasteiger partial charge in [-0.15, -0.1) is 0 Å². The van der Waals surface area contributed by atoms with Crippen LogP contribution in [0.5, 0.6) is 5.75 Å². The standard InChI is InChI=1S/C16H16FNO2/c1-11(12-5-9-15(20-2)10-6-12)18-16(19)13-3-7-14(17)8-4-13/h3-11H,1-2H3,(H,18,19)/t11-/m0/s1. The van der Waals surface area contributed by atoms with Gasteiger partial charge in [-0.05, 0) is 48.9 Å². The first kappa shape index (κ1) is 14.1. The Morgan fingerprint density at radius 3 is 2.25 bits per heavy atom. The second-order valence-electron chi connectivity index (χ2n) is 4.48. The third-order valence-corrected chi connectivity index (χ3v) is 3.07. The first-order valence-corrected chi connectivity index (χ1v) is 6.30. The highest BCUT2D eigenvalue weighted by Gasteiger charge is 2.11. The van der Waals surface area contributed by atoms with E-state index in [2.05, 4.69) is 5.32 Å². The van der Waals surface area contributed by atoms with Crippen molar-refractivity contribution in [2.75, 3.05) is 7.11 Å². The number of carbonyl (C=O) groups is 1.